The molecule has 0 aliphatic carbocycles. The number of anilines is 2. The summed E-state index contributed by atoms with van der Waals surface area (Å²) in [6.45, 7) is 2.58. The van der Waals surface area contributed by atoms with Gasteiger partial charge in [0.1, 0.15) is 0 Å². The van der Waals surface area contributed by atoms with E-state index in [2.05, 4.69) is 15.5 Å². The maximum absolute atomic E-state index is 12.7. The normalized spacial score (nSPS) is 17.5. The van der Waals surface area contributed by atoms with Crippen LogP contribution in [0.15, 0.2) is 54.6 Å². The van der Waals surface area contributed by atoms with E-state index in [9.17, 15) is 14.4 Å². The molecule has 2 saturated heterocycles. The molecule has 2 aliphatic heterocycles. The quantitative estimate of drug-likeness (QED) is 0.753. The van der Waals surface area contributed by atoms with Gasteiger partial charge in [0.05, 0.1) is 6.54 Å². The number of carbonyl (C=O) groups is 3. The largest absolute Gasteiger partial charge is 0.349 e. The van der Waals surface area contributed by atoms with Crippen LogP contribution in [0.1, 0.15) is 36.0 Å². The molecule has 2 aliphatic rings. The standard InChI is InChI=1S/C24H28N4O3/c29-22(25-19-7-2-1-3-8-19)17-27-14-11-20(12-15-27)26-24(31)18-6-4-9-21(16-18)28-13-5-10-23(28)30/h1-4,6-9,16,20H,5,10-15,17H2,(H,25,29)(H,26,31). The number of nitrogens with zero attached hydrogens (tertiary/aromatic N) is 2. The maximum Gasteiger partial charge on any atom is 0.251 e. The van der Waals surface area contributed by atoms with Gasteiger partial charge in [-0.25, -0.2) is 0 Å². The van der Waals surface area contributed by atoms with Gasteiger partial charge in [-0.15, -0.1) is 0 Å². The predicted octanol–water partition coefficient (Wildman–Crippen LogP) is 2.65. The Bertz CT molecular complexity index is 939. The lowest BCUT2D eigenvalue weighted by molar-refractivity contribution is -0.118. The van der Waals surface area contributed by atoms with Gasteiger partial charge in [0.2, 0.25) is 11.8 Å². The van der Waals surface area contributed by atoms with Crippen LogP contribution in [0.4, 0.5) is 11.4 Å². The van der Waals surface area contributed by atoms with Gasteiger partial charge in [-0.1, -0.05) is 24.3 Å². The second-order valence-corrected chi connectivity index (χ2v) is 8.14. The van der Waals surface area contributed by atoms with Gasteiger partial charge in [0.15, 0.2) is 0 Å². The molecule has 0 unspecified atom stereocenters. The summed E-state index contributed by atoms with van der Waals surface area (Å²) < 4.78 is 0. The smallest absolute Gasteiger partial charge is 0.251 e. The van der Waals surface area contributed by atoms with E-state index in [1.165, 1.54) is 0 Å². The van der Waals surface area contributed by atoms with Crippen molar-refractivity contribution in [1.29, 1.82) is 0 Å². The lowest BCUT2D eigenvalue weighted by atomic mass is 10.0. The molecular weight excluding hydrogens is 392 g/mol. The summed E-state index contributed by atoms with van der Waals surface area (Å²) in [6, 6.07) is 16.8. The van der Waals surface area contributed by atoms with Crippen molar-refractivity contribution in [2.45, 2.75) is 31.7 Å². The maximum atomic E-state index is 12.7. The first-order valence-electron chi connectivity index (χ1n) is 10.9. The second kappa shape index (κ2) is 9.75. The summed E-state index contributed by atoms with van der Waals surface area (Å²) in [6.07, 6.45) is 3.03. The molecule has 2 aromatic rings. The molecular formula is C24H28N4O3. The lowest BCUT2D eigenvalue weighted by Crippen LogP contribution is -2.46. The fourth-order valence-electron chi connectivity index (χ4n) is 4.17. The lowest BCUT2D eigenvalue weighted by Gasteiger charge is -2.31. The Labute approximate surface area is 182 Å². The molecule has 0 saturated carbocycles. The number of amides is 3. The van der Waals surface area contributed by atoms with Gasteiger partial charge in [0.25, 0.3) is 5.91 Å². The van der Waals surface area contributed by atoms with Gasteiger partial charge in [-0.05, 0) is 49.6 Å². The fourth-order valence-corrected chi connectivity index (χ4v) is 4.17. The molecule has 0 spiro atoms. The third-order valence-corrected chi connectivity index (χ3v) is 5.84. The third-order valence-electron chi connectivity index (χ3n) is 5.84. The molecule has 2 N–H and O–H groups in total. The van der Waals surface area contributed by atoms with Crippen LogP contribution in [0, 0.1) is 0 Å². The molecule has 4 rings (SSSR count). The Morgan fingerprint density at radius 2 is 1.74 bits per heavy atom. The predicted molar refractivity (Wildman–Crippen MR) is 120 cm³/mol. The SMILES string of the molecule is O=C(CN1CCC(NC(=O)c2cccc(N3CCCC3=O)c2)CC1)Nc1ccccc1. The highest BCUT2D eigenvalue weighted by Crippen LogP contribution is 2.22. The van der Waals surface area contributed by atoms with Gasteiger partial charge in [0, 0.05) is 49.0 Å². The number of carbonyl (C=O) groups excluding carboxylic acids is 3. The summed E-state index contributed by atoms with van der Waals surface area (Å²) in [7, 11) is 0. The van der Waals surface area contributed by atoms with E-state index in [0.717, 1.165) is 43.7 Å². The molecule has 7 heteroatoms. The summed E-state index contributed by atoms with van der Waals surface area (Å²) in [5.74, 6) is -0.0306. The topological polar surface area (TPSA) is 81.8 Å². The molecule has 2 aromatic carbocycles. The minimum Gasteiger partial charge on any atom is -0.349 e. The number of benzene rings is 2. The molecule has 7 nitrogen and oxygen atoms in total. The Balaban J connectivity index is 1.25. The molecule has 2 fully saturated rings. The van der Waals surface area contributed by atoms with Crippen molar-refractivity contribution in [3.63, 3.8) is 0 Å². The van der Waals surface area contributed by atoms with Crippen LogP contribution in [-0.4, -0.2) is 54.8 Å². The molecule has 31 heavy (non-hydrogen) atoms. The van der Waals surface area contributed by atoms with Crippen LogP contribution in [-0.2, 0) is 9.59 Å². The Morgan fingerprint density at radius 1 is 0.968 bits per heavy atom. The molecule has 0 bridgehead atoms. The van der Waals surface area contributed by atoms with E-state index in [1.54, 1.807) is 17.0 Å². The molecule has 162 valence electrons. The molecule has 0 atom stereocenters. The van der Waals surface area contributed by atoms with Gasteiger partial charge >= 0.3 is 0 Å². The summed E-state index contributed by atoms with van der Waals surface area (Å²) >= 11 is 0. The molecule has 2 heterocycles. The average Bonchev–Trinajstić information content (AvgIpc) is 3.22. The van der Waals surface area contributed by atoms with Gasteiger partial charge in [-0.3, -0.25) is 19.3 Å². The van der Waals surface area contributed by atoms with Crippen molar-refractivity contribution < 1.29 is 14.4 Å². The minimum absolute atomic E-state index is 0.0260. The van der Waals surface area contributed by atoms with E-state index < -0.39 is 0 Å². The fraction of sp³-hybridized carbons (Fsp3) is 0.375. The number of piperidine rings is 1. The zero-order valence-electron chi connectivity index (χ0n) is 17.5. The number of nitrogens with one attached hydrogen (secondary N) is 2. The Hall–Kier alpha value is -3.19. The van der Waals surface area contributed by atoms with E-state index in [4.69, 9.17) is 0 Å². The Morgan fingerprint density at radius 3 is 2.45 bits per heavy atom. The molecule has 0 aromatic heterocycles. The van der Waals surface area contributed by atoms with Crippen LogP contribution >= 0.6 is 0 Å². The minimum atomic E-state index is -0.117. The molecule has 0 radical (unpaired) electrons. The zero-order chi connectivity index (χ0) is 21.6. The van der Waals surface area contributed by atoms with Crippen molar-refractivity contribution in [3.05, 3.63) is 60.2 Å². The van der Waals surface area contributed by atoms with Gasteiger partial charge in [-0.2, -0.15) is 0 Å². The summed E-state index contributed by atoms with van der Waals surface area (Å²) in [5, 5.41) is 6.02. The van der Waals surface area contributed by atoms with Crippen LogP contribution in [0.3, 0.4) is 0 Å². The highest BCUT2D eigenvalue weighted by atomic mass is 16.2. The van der Waals surface area contributed by atoms with Gasteiger partial charge < -0.3 is 15.5 Å². The third kappa shape index (κ3) is 5.49. The van der Waals surface area contributed by atoms with Crippen LogP contribution in [0.2, 0.25) is 0 Å². The molecule has 3 amide bonds. The average molecular weight is 421 g/mol. The Kier molecular flexibility index (Phi) is 6.62. The highest BCUT2D eigenvalue weighted by Gasteiger charge is 2.24. The van der Waals surface area contributed by atoms with Crippen molar-refractivity contribution in [2.75, 3.05) is 36.4 Å². The second-order valence-electron chi connectivity index (χ2n) is 8.14. The van der Waals surface area contributed by atoms with E-state index >= 15 is 0 Å². The van der Waals surface area contributed by atoms with E-state index in [0.29, 0.717) is 25.1 Å². The first-order valence-corrected chi connectivity index (χ1v) is 10.9. The first kappa shape index (κ1) is 21.1. The van der Waals surface area contributed by atoms with Crippen molar-refractivity contribution >= 4 is 29.1 Å². The van der Waals surface area contributed by atoms with E-state index in [1.807, 2.05) is 42.5 Å². The number of likely N-dealkylation sites (tertiary alicyclic amines) is 1. The van der Waals surface area contributed by atoms with Crippen molar-refractivity contribution in [2.24, 2.45) is 0 Å². The number of rotatable bonds is 6. The zero-order valence-corrected chi connectivity index (χ0v) is 17.5. The number of hydrogen-bond acceptors (Lipinski definition) is 4. The monoisotopic (exact) mass is 420 g/mol. The van der Waals surface area contributed by atoms with E-state index in [-0.39, 0.29) is 23.8 Å². The number of hydrogen-bond donors (Lipinski definition) is 2. The first-order chi connectivity index (χ1) is 15.1. The number of para-hydroxylation sites is 1. The van der Waals surface area contributed by atoms with Crippen LogP contribution in [0.25, 0.3) is 0 Å². The van der Waals surface area contributed by atoms with Crippen molar-refractivity contribution in [1.82, 2.24) is 10.2 Å². The van der Waals surface area contributed by atoms with Crippen LogP contribution < -0.4 is 15.5 Å². The summed E-state index contributed by atoms with van der Waals surface area (Å²) in [4.78, 5) is 40.8. The van der Waals surface area contributed by atoms with Crippen molar-refractivity contribution in [3.8, 4) is 0 Å². The van der Waals surface area contributed by atoms with Crippen LogP contribution in [0.5, 0.6) is 0 Å². The highest BCUT2D eigenvalue weighted by molar-refractivity contribution is 5.99. The summed E-state index contributed by atoms with van der Waals surface area (Å²) in [5.41, 5.74) is 2.16.